The van der Waals surface area contributed by atoms with Crippen molar-refractivity contribution in [3.63, 3.8) is 0 Å². The second-order valence-corrected chi connectivity index (χ2v) is 9.00. The number of ether oxygens (including phenoxy) is 2. The number of aryl methyl sites for hydroxylation is 2. The molecule has 0 saturated carbocycles. The van der Waals surface area contributed by atoms with Gasteiger partial charge in [0.15, 0.2) is 5.82 Å². The number of nitrogens with one attached hydrogen (secondary N) is 3. The first-order valence-electron chi connectivity index (χ1n) is 11.5. The Morgan fingerprint density at radius 1 is 1.34 bits per heavy atom. The van der Waals surface area contributed by atoms with Crippen molar-refractivity contribution in [2.75, 3.05) is 11.9 Å². The molecule has 184 valence electrons. The van der Waals surface area contributed by atoms with Gasteiger partial charge in [-0.2, -0.15) is 10.2 Å². The lowest BCUT2D eigenvalue weighted by molar-refractivity contribution is 0.0682. The fourth-order valence-electron chi connectivity index (χ4n) is 4.24. The molecular weight excluding hydrogens is 450 g/mol. The van der Waals surface area contributed by atoms with E-state index in [0.717, 1.165) is 33.9 Å². The largest absolute Gasteiger partial charge is 0.444 e. The first-order chi connectivity index (χ1) is 16.8. The van der Waals surface area contributed by atoms with E-state index in [1.165, 1.54) is 0 Å². The van der Waals surface area contributed by atoms with Gasteiger partial charge < -0.3 is 20.1 Å². The van der Waals surface area contributed by atoms with Crippen LogP contribution in [0.25, 0.3) is 16.8 Å². The number of aromatic nitrogens is 7. The van der Waals surface area contributed by atoms with Gasteiger partial charge in [0.05, 0.1) is 24.2 Å². The van der Waals surface area contributed by atoms with E-state index >= 15 is 0 Å². The molecule has 3 N–H and O–H groups in total. The maximum absolute atomic E-state index is 11.9. The summed E-state index contributed by atoms with van der Waals surface area (Å²) >= 11 is 0. The van der Waals surface area contributed by atoms with Crippen LogP contribution in [0.2, 0.25) is 0 Å². The standard InChI is InChI=1S/C23H29N9O3/c1-12(2)26-23(33)35-15-8-18(34-11-15)17-9-19(30-29-17)28-22-27-13(3)20(21-24-6-7-32(21)22)16-10-25-31(5)14(16)4/h6-7,9-10,12,15,18H,8,11H2,1-5H3,(H,26,33)(H2,27,28,29,30). The molecule has 1 aliphatic rings. The number of hydrogen-bond donors (Lipinski definition) is 3. The van der Waals surface area contributed by atoms with Gasteiger partial charge in [-0.05, 0) is 27.7 Å². The fourth-order valence-corrected chi connectivity index (χ4v) is 4.24. The van der Waals surface area contributed by atoms with Crippen molar-refractivity contribution >= 4 is 23.5 Å². The second kappa shape index (κ2) is 9.02. The number of aromatic amines is 1. The Kier molecular flexibility index (Phi) is 5.89. The van der Waals surface area contributed by atoms with Crippen LogP contribution in [0.15, 0.2) is 24.7 Å². The lowest BCUT2D eigenvalue weighted by Crippen LogP contribution is -2.33. The summed E-state index contributed by atoms with van der Waals surface area (Å²) in [5, 5.41) is 17.8. The number of anilines is 2. The highest BCUT2D eigenvalue weighted by molar-refractivity contribution is 5.82. The van der Waals surface area contributed by atoms with Crippen molar-refractivity contribution in [2.24, 2.45) is 7.05 Å². The molecule has 1 aliphatic heterocycles. The number of hydrogen-bond acceptors (Lipinski definition) is 8. The highest BCUT2D eigenvalue weighted by Gasteiger charge is 2.31. The van der Waals surface area contributed by atoms with Crippen LogP contribution in [0.5, 0.6) is 0 Å². The number of rotatable bonds is 6. The van der Waals surface area contributed by atoms with Gasteiger partial charge in [-0.25, -0.2) is 14.8 Å². The summed E-state index contributed by atoms with van der Waals surface area (Å²) in [6.45, 7) is 8.09. The Morgan fingerprint density at radius 3 is 2.91 bits per heavy atom. The van der Waals surface area contributed by atoms with Crippen LogP contribution in [-0.2, 0) is 16.5 Å². The normalized spacial score (nSPS) is 17.9. The maximum atomic E-state index is 11.9. The van der Waals surface area contributed by atoms with Crippen LogP contribution in [0.1, 0.15) is 43.5 Å². The summed E-state index contributed by atoms with van der Waals surface area (Å²) in [7, 11) is 1.91. The minimum atomic E-state index is -0.433. The molecule has 5 heterocycles. The summed E-state index contributed by atoms with van der Waals surface area (Å²) in [5.41, 5.74) is 5.39. The molecule has 2 unspecified atom stereocenters. The second-order valence-electron chi connectivity index (χ2n) is 9.00. The molecule has 1 fully saturated rings. The summed E-state index contributed by atoms with van der Waals surface area (Å²) in [5.74, 6) is 1.19. The lowest BCUT2D eigenvalue weighted by atomic mass is 10.1. The van der Waals surface area contributed by atoms with Crippen LogP contribution in [0.4, 0.5) is 16.6 Å². The first kappa shape index (κ1) is 22.8. The van der Waals surface area contributed by atoms with Gasteiger partial charge in [-0.3, -0.25) is 14.2 Å². The van der Waals surface area contributed by atoms with Crippen LogP contribution >= 0.6 is 0 Å². The molecule has 0 radical (unpaired) electrons. The zero-order chi connectivity index (χ0) is 24.7. The molecule has 35 heavy (non-hydrogen) atoms. The van der Waals surface area contributed by atoms with Crippen molar-refractivity contribution in [1.82, 2.24) is 39.7 Å². The van der Waals surface area contributed by atoms with Gasteiger partial charge in [-0.15, -0.1) is 0 Å². The van der Waals surface area contributed by atoms with E-state index in [2.05, 4.69) is 30.9 Å². The zero-order valence-corrected chi connectivity index (χ0v) is 20.4. The average molecular weight is 480 g/mol. The van der Waals surface area contributed by atoms with E-state index in [4.69, 9.17) is 14.5 Å². The van der Waals surface area contributed by atoms with Gasteiger partial charge in [0.25, 0.3) is 0 Å². The van der Waals surface area contributed by atoms with Crippen LogP contribution in [0, 0.1) is 13.8 Å². The molecule has 1 amide bonds. The van der Waals surface area contributed by atoms with Gasteiger partial charge in [0, 0.05) is 54.8 Å². The van der Waals surface area contributed by atoms with Gasteiger partial charge in [-0.1, -0.05) is 0 Å². The molecule has 4 aromatic heterocycles. The quantitative estimate of drug-likeness (QED) is 0.384. The van der Waals surface area contributed by atoms with E-state index in [0.29, 0.717) is 24.8 Å². The predicted molar refractivity (Wildman–Crippen MR) is 128 cm³/mol. The highest BCUT2D eigenvalue weighted by atomic mass is 16.6. The monoisotopic (exact) mass is 479 g/mol. The van der Waals surface area contributed by atoms with Crippen molar-refractivity contribution < 1.29 is 14.3 Å². The Labute approximate surface area is 202 Å². The third-order valence-corrected chi connectivity index (χ3v) is 6.06. The van der Waals surface area contributed by atoms with Gasteiger partial charge in [0.1, 0.15) is 17.9 Å². The lowest BCUT2D eigenvalue weighted by Gasteiger charge is -2.13. The number of carbonyl (C=O) groups is 1. The predicted octanol–water partition coefficient (Wildman–Crippen LogP) is 3.18. The average Bonchev–Trinajstić information content (AvgIpc) is 3.58. The van der Waals surface area contributed by atoms with Crippen molar-refractivity contribution in [3.8, 4) is 11.1 Å². The SMILES string of the molecule is Cc1nc(Nc2cc(C3CC(OC(=O)NC(C)C)CO3)[nH]n2)n2ccnc2c1-c1cnn(C)c1C. The number of fused-ring (bicyclic) bond motifs is 1. The number of carbonyl (C=O) groups excluding carboxylic acids is 1. The molecule has 2 atom stereocenters. The molecule has 4 aromatic rings. The van der Waals surface area contributed by atoms with Crippen LogP contribution in [-0.4, -0.2) is 59.2 Å². The molecule has 0 aromatic carbocycles. The minimum Gasteiger partial charge on any atom is -0.444 e. The van der Waals surface area contributed by atoms with E-state index in [1.807, 2.05) is 62.3 Å². The molecule has 1 saturated heterocycles. The molecule has 12 heteroatoms. The van der Waals surface area contributed by atoms with Gasteiger partial charge >= 0.3 is 6.09 Å². The van der Waals surface area contributed by atoms with E-state index in [-0.39, 0.29) is 18.2 Å². The molecule has 12 nitrogen and oxygen atoms in total. The highest BCUT2D eigenvalue weighted by Crippen LogP contribution is 2.33. The number of alkyl carbamates (subject to hydrolysis) is 1. The number of amides is 1. The maximum Gasteiger partial charge on any atom is 0.407 e. The van der Waals surface area contributed by atoms with E-state index in [9.17, 15) is 4.79 Å². The summed E-state index contributed by atoms with van der Waals surface area (Å²) < 4.78 is 15.0. The van der Waals surface area contributed by atoms with Gasteiger partial charge in [0.2, 0.25) is 5.95 Å². The molecule has 5 rings (SSSR count). The minimum absolute atomic E-state index is 0.0171. The summed E-state index contributed by atoms with van der Waals surface area (Å²) in [6, 6.07) is 1.89. The number of H-pyrrole nitrogens is 1. The topological polar surface area (TPSA) is 136 Å². The fraction of sp³-hybridized carbons (Fsp3) is 0.435. The van der Waals surface area contributed by atoms with Crippen molar-refractivity contribution in [3.05, 3.63) is 41.7 Å². The Bertz CT molecular complexity index is 1370. The Hall–Kier alpha value is -3.93. The summed E-state index contributed by atoms with van der Waals surface area (Å²) in [4.78, 5) is 21.2. The number of nitrogens with zero attached hydrogens (tertiary/aromatic N) is 6. The third-order valence-electron chi connectivity index (χ3n) is 6.06. The smallest absolute Gasteiger partial charge is 0.407 e. The van der Waals surface area contributed by atoms with Crippen LogP contribution < -0.4 is 10.6 Å². The molecule has 0 spiro atoms. The Morgan fingerprint density at radius 2 is 2.17 bits per heavy atom. The van der Waals surface area contributed by atoms with Crippen LogP contribution in [0.3, 0.4) is 0 Å². The molecule has 0 bridgehead atoms. The Balaban J connectivity index is 1.33. The van der Waals surface area contributed by atoms with E-state index < -0.39 is 6.09 Å². The first-order valence-corrected chi connectivity index (χ1v) is 11.5. The molecular formula is C23H29N9O3. The zero-order valence-electron chi connectivity index (χ0n) is 20.4. The number of imidazole rings is 1. The third kappa shape index (κ3) is 4.44. The van der Waals surface area contributed by atoms with E-state index in [1.54, 1.807) is 6.20 Å². The molecule has 0 aliphatic carbocycles. The summed E-state index contributed by atoms with van der Waals surface area (Å²) in [6.07, 6.45) is 5.01. The van der Waals surface area contributed by atoms with Crippen molar-refractivity contribution in [2.45, 2.75) is 52.4 Å². The van der Waals surface area contributed by atoms with Crippen molar-refractivity contribution in [1.29, 1.82) is 0 Å².